The Kier molecular flexibility index (Phi) is 5.81. The molecule has 0 N–H and O–H groups in total. The highest BCUT2D eigenvalue weighted by molar-refractivity contribution is 6.44. The molecule has 0 heterocycles. The molecule has 0 amide bonds. The van der Waals surface area contributed by atoms with E-state index in [1.54, 1.807) is 0 Å². The van der Waals surface area contributed by atoms with Gasteiger partial charge >= 0.3 is 0 Å². The van der Waals surface area contributed by atoms with Gasteiger partial charge in [-0.05, 0) is 143 Å². The van der Waals surface area contributed by atoms with Gasteiger partial charge in [-0.15, -0.1) is 0 Å². The van der Waals surface area contributed by atoms with E-state index in [-0.39, 0.29) is 0 Å². The molecule has 0 fully saturated rings. The van der Waals surface area contributed by atoms with E-state index in [1.165, 1.54) is 131 Å². The molecule has 10 aromatic carbocycles. The molecule has 1 aliphatic carbocycles. The van der Waals surface area contributed by atoms with E-state index in [0.29, 0.717) is 0 Å². The molecule has 240 valence electrons. The molecule has 0 heteroatoms. The van der Waals surface area contributed by atoms with Gasteiger partial charge in [-0.25, -0.2) is 0 Å². The van der Waals surface area contributed by atoms with Gasteiger partial charge in [0.15, 0.2) is 0 Å². The lowest BCUT2D eigenvalue weighted by Gasteiger charge is -2.11. The molecule has 0 atom stereocenters. The van der Waals surface area contributed by atoms with Crippen LogP contribution < -0.4 is 10.4 Å². The maximum atomic E-state index is 2.45. The lowest BCUT2D eigenvalue weighted by molar-refractivity contribution is 1.28. The molecule has 0 spiro atoms. The average Bonchev–Trinajstić information content (AvgIpc) is 3.79. The molecular formula is C51H36. The summed E-state index contributed by atoms with van der Waals surface area (Å²) in [6.45, 7) is 8.71. The molecule has 0 nitrogen and oxygen atoms in total. The van der Waals surface area contributed by atoms with Gasteiger partial charge < -0.3 is 0 Å². The fourth-order valence-electron chi connectivity index (χ4n) is 9.46. The topological polar surface area (TPSA) is 0 Å². The first-order valence-electron chi connectivity index (χ1n) is 18.2. The maximum Gasteiger partial charge on any atom is -0.000707 e. The third kappa shape index (κ3) is 3.91. The summed E-state index contributed by atoms with van der Waals surface area (Å²) in [6, 6.07) is 51.2. The number of benzene rings is 8. The van der Waals surface area contributed by atoms with Crippen LogP contribution in [0.5, 0.6) is 0 Å². The van der Waals surface area contributed by atoms with Crippen LogP contribution in [0.4, 0.5) is 0 Å². The minimum Gasteiger partial charge on any atom is -0.0587 e. The van der Waals surface area contributed by atoms with Gasteiger partial charge in [-0.1, -0.05) is 156 Å². The van der Waals surface area contributed by atoms with Crippen molar-refractivity contribution in [2.24, 2.45) is 0 Å². The molecule has 10 aromatic rings. The predicted octanol–water partition coefficient (Wildman–Crippen LogP) is 11.4. The highest BCUT2D eigenvalue weighted by atomic mass is 14.3. The van der Waals surface area contributed by atoms with Crippen LogP contribution >= 0.6 is 0 Å². The van der Waals surface area contributed by atoms with Crippen LogP contribution in [0.25, 0.3) is 65.0 Å². The Bertz CT molecular complexity index is 2810. The first-order valence-corrected chi connectivity index (χ1v) is 18.2. The van der Waals surface area contributed by atoms with E-state index in [4.69, 9.17) is 0 Å². The zero-order chi connectivity index (χ0) is 34.1. The molecule has 0 bridgehead atoms. The quantitative estimate of drug-likeness (QED) is 0.167. The third-order valence-electron chi connectivity index (χ3n) is 11.9. The molecule has 0 radical (unpaired) electrons. The van der Waals surface area contributed by atoms with Crippen LogP contribution in [0.3, 0.4) is 0 Å². The number of hydrogen-bond acceptors (Lipinski definition) is 0. The average molecular weight is 649 g/mol. The summed E-state index contributed by atoms with van der Waals surface area (Å²) in [5.41, 5.74) is 15.7. The minimum absolute atomic E-state index is 0.994. The van der Waals surface area contributed by atoms with E-state index >= 15 is 0 Å². The first-order chi connectivity index (χ1) is 24.9. The van der Waals surface area contributed by atoms with Crippen molar-refractivity contribution in [3.8, 4) is 0 Å². The van der Waals surface area contributed by atoms with Crippen molar-refractivity contribution >= 4 is 65.0 Å². The fraction of sp³-hybridized carbons (Fsp3) is 0.0980. The normalized spacial score (nSPS) is 12.6. The van der Waals surface area contributed by atoms with Crippen molar-refractivity contribution in [2.45, 2.75) is 34.1 Å². The second-order valence-corrected chi connectivity index (χ2v) is 15.1. The minimum atomic E-state index is 0.994. The number of hydrogen-bond donors (Lipinski definition) is 0. The zero-order valence-electron chi connectivity index (χ0n) is 29.4. The van der Waals surface area contributed by atoms with Crippen LogP contribution in [0.15, 0.2) is 133 Å². The Hall–Kier alpha value is -5.98. The first kappa shape index (κ1) is 28.8. The molecule has 0 saturated heterocycles. The van der Waals surface area contributed by atoms with E-state index < -0.39 is 0 Å². The van der Waals surface area contributed by atoms with Gasteiger partial charge in [0.1, 0.15) is 0 Å². The van der Waals surface area contributed by atoms with Crippen LogP contribution in [0.1, 0.15) is 55.6 Å². The molecule has 0 unspecified atom stereocenters. The van der Waals surface area contributed by atoms with Gasteiger partial charge in [-0.2, -0.15) is 0 Å². The van der Waals surface area contributed by atoms with Crippen LogP contribution in [0.2, 0.25) is 0 Å². The lowest BCUT2D eigenvalue weighted by atomic mass is 9.92. The molecule has 11 rings (SSSR count). The lowest BCUT2D eigenvalue weighted by Crippen LogP contribution is -2.09. The largest absolute Gasteiger partial charge is 0.0587 e. The number of aryl methyl sites for hydroxylation is 4. The summed E-state index contributed by atoms with van der Waals surface area (Å²) >= 11 is 0. The van der Waals surface area contributed by atoms with Crippen molar-refractivity contribution in [1.82, 2.24) is 0 Å². The summed E-state index contributed by atoms with van der Waals surface area (Å²) in [5.74, 6) is 0. The second kappa shape index (κ2) is 10.3. The zero-order valence-corrected chi connectivity index (χ0v) is 29.4. The smallest absolute Gasteiger partial charge is 0.000707 e. The van der Waals surface area contributed by atoms with Crippen LogP contribution in [0, 0.1) is 27.7 Å². The van der Waals surface area contributed by atoms with Crippen molar-refractivity contribution in [3.05, 3.63) is 200 Å². The summed E-state index contributed by atoms with van der Waals surface area (Å²) < 4.78 is 0. The Morgan fingerprint density at radius 2 is 0.549 bits per heavy atom. The maximum absolute atomic E-state index is 2.45. The van der Waals surface area contributed by atoms with E-state index in [2.05, 4.69) is 161 Å². The van der Waals surface area contributed by atoms with E-state index in [1.807, 2.05) is 0 Å². The summed E-state index contributed by atoms with van der Waals surface area (Å²) in [6.07, 6.45) is 0.994. The Morgan fingerprint density at radius 1 is 0.294 bits per heavy atom. The molecule has 0 aromatic heterocycles. The Balaban J connectivity index is 1.41. The third-order valence-corrected chi connectivity index (χ3v) is 11.9. The molecule has 1 aliphatic rings. The van der Waals surface area contributed by atoms with E-state index in [9.17, 15) is 0 Å². The highest BCUT2D eigenvalue weighted by Crippen LogP contribution is 2.50. The Labute approximate surface area is 297 Å². The highest BCUT2D eigenvalue weighted by Gasteiger charge is 2.29. The molecule has 0 saturated carbocycles. The molecular weight excluding hydrogens is 613 g/mol. The number of rotatable bonds is 4. The summed E-state index contributed by atoms with van der Waals surface area (Å²) in [7, 11) is 0. The van der Waals surface area contributed by atoms with E-state index in [0.717, 1.165) is 6.42 Å². The van der Waals surface area contributed by atoms with Gasteiger partial charge in [0, 0.05) is 0 Å². The van der Waals surface area contributed by atoms with Crippen molar-refractivity contribution in [1.29, 1.82) is 0 Å². The predicted molar refractivity (Wildman–Crippen MR) is 218 cm³/mol. The summed E-state index contributed by atoms with van der Waals surface area (Å²) in [4.78, 5) is 0. The second-order valence-electron chi connectivity index (χ2n) is 15.1. The summed E-state index contributed by atoms with van der Waals surface area (Å²) in [5, 5.41) is 16.9. The van der Waals surface area contributed by atoms with Crippen molar-refractivity contribution in [2.75, 3.05) is 0 Å². The molecule has 51 heavy (non-hydrogen) atoms. The van der Waals surface area contributed by atoms with Gasteiger partial charge in [0.2, 0.25) is 0 Å². The van der Waals surface area contributed by atoms with Crippen LogP contribution in [-0.4, -0.2) is 0 Å². The van der Waals surface area contributed by atoms with Gasteiger partial charge in [0.25, 0.3) is 0 Å². The van der Waals surface area contributed by atoms with Gasteiger partial charge in [0.05, 0.1) is 0 Å². The Morgan fingerprint density at radius 3 is 0.843 bits per heavy atom. The van der Waals surface area contributed by atoms with Gasteiger partial charge in [-0.3, -0.25) is 0 Å². The van der Waals surface area contributed by atoms with Crippen molar-refractivity contribution < 1.29 is 0 Å². The standard InChI is InChI=1S/C51H36/c1-28-5-13-32(14-6-28)42(33-15-7-29(2)8-16-33)46-38-23-21-36-27-37-22-24-39-47(41-26-25-40(46)50-48(38)44(36)45(37)49(39)51(41)50)43(34-17-9-30(3)10-18-34)35-19-11-31(4)12-20-35/h5-26H,27H2,1-4H3. The van der Waals surface area contributed by atoms with Crippen molar-refractivity contribution in [3.63, 3.8) is 0 Å². The molecule has 0 aliphatic heterocycles. The fourth-order valence-corrected chi connectivity index (χ4v) is 9.46. The monoisotopic (exact) mass is 648 g/mol. The van der Waals surface area contributed by atoms with Crippen LogP contribution in [-0.2, 0) is 6.42 Å². The SMILES string of the molecule is Cc1ccc(C(c2ccc(C)cc2)=c2c3ccc4c5c6c(ccc7c(=C(c8ccc(C)cc8)c8ccc(C)cc8)c8ccc2c(c35)c8c76)C4)cc1.